The molecule has 0 aliphatic carbocycles. The summed E-state index contributed by atoms with van der Waals surface area (Å²) in [5.41, 5.74) is 0.889. The van der Waals surface area contributed by atoms with E-state index in [1.807, 2.05) is 31.2 Å². The third-order valence-electron chi connectivity index (χ3n) is 2.19. The second-order valence-corrected chi connectivity index (χ2v) is 3.35. The number of ether oxygens (including phenoxy) is 2. The van der Waals surface area contributed by atoms with Crippen molar-refractivity contribution in [3.8, 4) is 5.75 Å². The van der Waals surface area contributed by atoms with Crippen molar-refractivity contribution < 1.29 is 19.4 Å². The lowest BCUT2D eigenvalue weighted by atomic mass is 10.1. The lowest BCUT2D eigenvalue weighted by molar-refractivity contribution is -0.148. The minimum Gasteiger partial charge on any atom is -0.494 e. The molecule has 0 amide bonds. The SMILES string of the molecule is CCOc1cccc(CC(OC)C(=O)O)c1. The molecular weight excluding hydrogens is 208 g/mol. The van der Waals surface area contributed by atoms with Crippen LogP contribution in [0.15, 0.2) is 24.3 Å². The molecule has 0 radical (unpaired) electrons. The molecule has 16 heavy (non-hydrogen) atoms. The van der Waals surface area contributed by atoms with Crippen LogP contribution in [-0.4, -0.2) is 30.9 Å². The quantitative estimate of drug-likeness (QED) is 0.799. The van der Waals surface area contributed by atoms with E-state index in [0.717, 1.165) is 11.3 Å². The molecule has 0 aliphatic heterocycles. The highest BCUT2D eigenvalue weighted by atomic mass is 16.5. The van der Waals surface area contributed by atoms with Gasteiger partial charge in [-0.15, -0.1) is 0 Å². The number of hydrogen-bond acceptors (Lipinski definition) is 3. The maximum absolute atomic E-state index is 10.8. The maximum atomic E-state index is 10.8. The van der Waals surface area contributed by atoms with Crippen LogP contribution in [0.25, 0.3) is 0 Å². The number of benzene rings is 1. The first-order valence-electron chi connectivity index (χ1n) is 5.14. The average Bonchev–Trinajstić information content (AvgIpc) is 2.26. The summed E-state index contributed by atoms with van der Waals surface area (Å²) in [7, 11) is 1.39. The van der Waals surface area contributed by atoms with Crippen LogP contribution in [0.4, 0.5) is 0 Å². The van der Waals surface area contributed by atoms with E-state index in [4.69, 9.17) is 14.6 Å². The Morgan fingerprint density at radius 1 is 1.50 bits per heavy atom. The van der Waals surface area contributed by atoms with Gasteiger partial charge in [-0.2, -0.15) is 0 Å². The zero-order valence-electron chi connectivity index (χ0n) is 9.47. The van der Waals surface area contributed by atoms with Crippen molar-refractivity contribution in [3.05, 3.63) is 29.8 Å². The molecule has 1 aromatic rings. The number of carboxylic acids is 1. The highest BCUT2D eigenvalue weighted by Crippen LogP contribution is 2.15. The fourth-order valence-corrected chi connectivity index (χ4v) is 1.41. The van der Waals surface area contributed by atoms with Gasteiger partial charge in [-0.1, -0.05) is 12.1 Å². The van der Waals surface area contributed by atoms with Gasteiger partial charge in [-0.05, 0) is 24.6 Å². The molecular formula is C12H16O4. The zero-order chi connectivity index (χ0) is 12.0. The maximum Gasteiger partial charge on any atom is 0.333 e. The normalized spacial score (nSPS) is 12.1. The smallest absolute Gasteiger partial charge is 0.333 e. The number of hydrogen-bond donors (Lipinski definition) is 1. The lowest BCUT2D eigenvalue weighted by Crippen LogP contribution is -2.24. The van der Waals surface area contributed by atoms with Gasteiger partial charge in [0.05, 0.1) is 6.61 Å². The molecule has 0 saturated heterocycles. The number of aliphatic carboxylic acids is 1. The molecule has 88 valence electrons. The van der Waals surface area contributed by atoms with Gasteiger partial charge in [0.1, 0.15) is 5.75 Å². The molecule has 4 nitrogen and oxygen atoms in total. The summed E-state index contributed by atoms with van der Waals surface area (Å²) in [5.74, 6) is -0.204. The molecule has 0 saturated carbocycles. The molecule has 0 aromatic heterocycles. The Hall–Kier alpha value is -1.55. The van der Waals surface area contributed by atoms with Gasteiger partial charge in [0.25, 0.3) is 0 Å². The van der Waals surface area contributed by atoms with Crippen LogP contribution >= 0.6 is 0 Å². The average molecular weight is 224 g/mol. The van der Waals surface area contributed by atoms with Gasteiger partial charge in [-0.3, -0.25) is 0 Å². The van der Waals surface area contributed by atoms with Crippen molar-refractivity contribution in [1.82, 2.24) is 0 Å². The summed E-state index contributed by atoms with van der Waals surface area (Å²) >= 11 is 0. The Balaban J connectivity index is 2.72. The van der Waals surface area contributed by atoms with Crippen LogP contribution in [-0.2, 0) is 16.0 Å². The van der Waals surface area contributed by atoms with Crippen LogP contribution in [0.3, 0.4) is 0 Å². The van der Waals surface area contributed by atoms with Crippen molar-refractivity contribution >= 4 is 5.97 Å². The minimum absolute atomic E-state index is 0.340. The molecule has 1 rings (SSSR count). The van der Waals surface area contributed by atoms with E-state index in [9.17, 15) is 4.79 Å². The Morgan fingerprint density at radius 3 is 2.81 bits per heavy atom. The van der Waals surface area contributed by atoms with Crippen LogP contribution < -0.4 is 4.74 Å². The van der Waals surface area contributed by atoms with Crippen molar-refractivity contribution in [3.63, 3.8) is 0 Å². The zero-order valence-corrected chi connectivity index (χ0v) is 9.47. The highest BCUT2D eigenvalue weighted by Gasteiger charge is 2.16. The van der Waals surface area contributed by atoms with E-state index in [0.29, 0.717) is 13.0 Å². The van der Waals surface area contributed by atoms with Gasteiger partial charge >= 0.3 is 5.97 Å². The standard InChI is InChI=1S/C12H16O4/c1-3-16-10-6-4-5-9(7-10)8-11(15-2)12(13)14/h4-7,11H,3,8H2,1-2H3,(H,13,14). The molecule has 0 heterocycles. The summed E-state index contributed by atoms with van der Waals surface area (Å²) in [6.07, 6.45) is -0.468. The second-order valence-electron chi connectivity index (χ2n) is 3.35. The fourth-order valence-electron chi connectivity index (χ4n) is 1.41. The second kappa shape index (κ2) is 6.12. The predicted molar refractivity (Wildman–Crippen MR) is 59.7 cm³/mol. The number of rotatable bonds is 6. The van der Waals surface area contributed by atoms with E-state index >= 15 is 0 Å². The first-order chi connectivity index (χ1) is 7.67. The largest absolute Gasteiger partial charge is 0.494 e. The topological polar surface area (TPSA) is 55.8 Å². The lowest BCUT2D eigenvalue weighted by Gasteiger charge is -2.11. The van der Waals surface area contributed by atoms with Gasteiger partial charge < -0.3 is 14.6 Å². The van der Waals surface area contributed by atoms with Crippen molar-refractivity contribution in [2.45, 2.75) is 19.4 Å². The van der Waals surface area contributed by atoms with Crippen molar-refractivity contribution in [2.75, 3.05) is 13.7 Å². The minimum atomic E-state index is -0.954. The molecule has 0 bridgehead atoms. The summed E-state index contributed by atoms with van der Waals surface area (Å²) in [5, 5.41) is 8.85. The fraction of sp³-hybridized carbons (Fsp3) is 0.417. The van der Waals surface area contributed by atoms with Crippen LogP contribution in [0, 0.1) is 0 Å². The number of methoxy groups -OCH3 is 1. The monoisotopic (exact) mass is 224 g/mol. The molecule has 0 aliphatic rings. The third-order valence-corrected chi connectivity index (χ3v) is 2.19. The van der Waals surface area contributed by atoms with E-state index in [1.54, 1.807) is 0 Å². The Labute approximate surface area is 94.8 Å². The van der Waals surface area contributed by atoms with Crippen molar-refractivity contribution in [2.24, 2.45) is 0 Å². The van der Waals surface area contributed by atoms with Crippen molar-refractivity contribution in [1.29, 1.82) is 0 Å². The summed E-state index contributed by atoms with van der Waals surface area (Å²) < 4.78 is 10.2. The van der Waals surface area contributed by atoms with Crippen LogP contribution in [0.1, 0.15) is 12.5 Å². The third kappa shape index (κ3) is 3.55. The molecule has 0 fully saturated rings. The molecule has 0 spiro atoms. The van der Waals surface area contributed by atoms with Gasteiger partial charge in [0.2, 0.25) is 0 Å². The Morgan fingerprint density at radius 2 is 2.25 bits per heavy atom. The number of carbonyl (C=O) groups is 1. The van der Waals surface area contributed by atoms with E-state index in [-0.39, 0.29) is 0 Å². The Bertz CT molecular complexity index is 349. The molecule has 1 aromatic carbocycles. The summed E-state index contributed by atoms with van der Waals surface area (Å²) in [6.45, 7) is 2.50. The molecule has 1 N–H and O–H groups in total. The summed E-state index contributed by atoms with van der Waals surface area (Å²) in [6, 6.07) is 7.38. The molecule has 1 atom stereocenters. The van der Waals surface area contributed by atoms with Gasteiger partial charge in [0, 0.05) is 13.5 Å². The summed E-state index contributed by atoms with van der Waals surface area (Å²) in [4.78, 5) is 10.8. The Kier molecular flexibility index (Phi) is 4.79. The highest BCUT2D eigenvalue weighted by molar-refractivity contribution is 5.72. The van der Waals surface area contributed by atoms with Gasteiger partial charge in [-0.25, -0.2) is 4.79 Å². The first-order valence-corrected chi connectivity index (χ1v) is 5.14. The first kappa shape index (κ1) is 12.5. The van der Waals surface area contributed by atoms with E-state index < -0.39 is 12.1 Å². The van der Waals surface area contributed by atoms with Crippen LogP contribution in [0.2, 0.25) is 0 Å². The predicted octanol–water partition coefficient (Wildman–Crippen LogP) is 1.73. The van der Waals surface area contributed by atoms with Crippen LogP contribution in [0.5, 0.6) is 5.75 Å². The van der Waals surface area contributed by atoms with Gasteiger partial charge in [0.15, 0.2) is 6.10 Å². The van der Waals surface area contributed by atoms with E-state index in [2.05, 4.69) is 0 Å². The number of carboxylic acid groups (broad SMARTS) is 1. The van der Waals surface area contributed by atoms with E-state index in [1.165, 1.54) is 7.11 Å². The molecule has 1 unspecified atom stereocenters. The molecule has 4 heteroatoms.